The predicted octanol–water partition coefficient (Wildman–Crippen LogP) is 6.52. The van der Waals surface area contributed by atoms with Crippen LogP contribution in [-0.4, -0.2) is 33.6 Å². The second-order valence-corrected chi connectivity index (χ2v) is 10.8. The maximum atomic E-state index is 13.1. The van der Waals surface area contributed by atoms with Crippen LogP contribution in [0.15, 0.2) is 30.3 Å². The van der Waals surface area contributed by atoms with Gasteiger partial charge in [0.05, 0.1) is 0 Å². The van der Waals surface area contributed by atoms with Crippen LogP contribution in [0.4, 0.5) is 4.39 Å². The molecule has 1 aliphatic heterocycles. The first kappa shape index (κ1) is 23.3. The number of hydrogen-bond acceptors (Lipinski definition) is 3. The third-order valence-corrected chi connectivity index (χ3v) is 10.4. The lowest BCUT2D eigenvalue weighted by atomic mass is 9.96. The third-order valence-electron chi connectivity index (χ3n) is 5.75. The van der Waals surface area contributed by atoms with Crippen LogP contribution in [0.5, 0.6) is 0 Å². The average Bonchev–Trinajstić information content (AvgIpc) is 2.71. The van der Waals surface area contributed by atoms with Crippen LogP contribution in [0.3, 0.4) is 0 Å². The fourth-order valence-electron chi connectivity index (χ4n) is 4.50. The molecular formula is C23H37FO3Si. The van der Waals surface area contributed by atoms with Crippen LogP contribution >= 0.6 is 0 Å². The topological polar surface area (TPSA) is 27.7 Å². The van der Waals surface area contributed by atoms with Gasteiger partial charge in [-0.15, -0.1) is 0 Å². The standard InChI is InChI=1S/C13H28O3Si.C10H9F/c1-5-13(14-6-2)11-9-10-12-17(13,15-7-3)16-8-4;11-10-7-3-5-8-4-1-2-6-9(8)10/h5-12H2,1-4H3;1-6,10H,7H2. The number of benzene rings is 1. The summed E-state index contributed by atoms with van der Waals surface area (Å²) in [5, 5.41) is -0.119. The maximum absolute atomic E-state index is 13.1. The maximum Gasteiger partial charge on any atom is 0.371 e. The van der Waals surface area contributed by atoms with Gasteiger partial charge in [-0.2, -0.15) is 0 Å². The Kier molecular flexibility index (Phi) is 9.34. The Hall–Kier alpha value is -1.01. The zero-order valence-electron chi connectivity index (χ0n) is 18.0. The van der Waals surface area contributed by atoms with Crippen LogP contribution in [0, 0.1) is 0 Å². The fraction of sp³-hybridized carbons (Fsp3) is 0.652. The van der Waals surface area contributed by atoms with Crippen LogP contribution < -0.4 is 0 Å². The highest BCUT2D eigenvalue weighted by molar-refractivity contribution is 6.70. The molecule has 0 N–H and O–H groups in total. The monoisotopic (exact) mass is 408 g/mol. The van der Waals surface area contributed by atoms with Gasteiger partial charge in [0.2, 0.25) is 0 Å². The van der Waals surface area contributed by atoms with E-state index in [0.717, 1.165) is 49.8 Å². The van der Waals surface area contributed by atoms with E-state index in [0.29, 0.717) is 6.42 Å². The van der Waals surface area contributed by atoms with E-state index in [-0.39, 0.29) is 5.22 Å². The van der Waals surface area contributed by atoms with E-state index in [1.54, 1.807) is 0 Å². The molecule has 3 rings (SSSR count). The van der Waals surface area contributed by atoms with E-state index in [2.05, 4.69) is 27.7 Å². The number of halogens is 1. The highest BCUT2D eigenvalue weighted by Crippen LogP contribution is 2.43. The van der Waals surface area contributed by atoms with Crippen LogP contribution in [-0.2, 0) is 13.6 Å². The molecule has 1 aromatic rings. The summed E-state index contributed by atoms with van der Waals surface area (Å²) in [6.07, 6.45) is 8.16. The summed E-state index contributed by atoms with van der Waals surface area (Å²) in [6, 6.07) is 8.69. The molecule has 158 valence electrons. The Balaban J connectivity index is 0.000000218. The molecule has 3 nitrogen and oxygen atoms in total. The van der Waals surface area contributed by atoms with Crippen molar-refractivity contribution < 1.29 is 18.0 Å². The molecule has 0 bridgehead atoms. The number of alkyl halides is 1. The summed E-state index contributed by atoms with van der Waals surface area (Å²) < 4.78 is 31.6. The zero-order chi connectivity index (χ0) is 20.5. The fourth-order valence-corrected chi connectivity index (χ4v) is 8.96. The highest BCUT2D eigenvalue weighted by Gasteiger charge is 2.58. The lowest BCUT2D eigenvalue weighted by Crippen LogP contribution is -2.65. The second-order valence-electron chi connectivity index (χ2n) is 7.34. The highest BCUT2D eigenvalue weighted by atomic mass is 28.4. The van der Waals surface area contributed by atoms with Gasteiger partial charge in [0.15, 0.2) is 0 Å². The molecular weight excluding hydrogens is 371 g/mol. The summed E-state index contributed by atoms with van der Waals surface area (Å²) in [5.41, 5.74) is 1.85. The minimum atomic E-state index is -2.21. The molecule has 1 fully saturated rings. The summed E-state index contributed by atoms with van der Waals surface area (Å²) >= 11 is 0. The zero-order valence-corrected chi connectivity index (χ0v) is 19.0. The van der Waals surface area contributed by atoms with Gasteiger partial charge in [0.25, 0.3) is 0 Å². The van der Waals surface area contributed by atoms with Gasteiger partial charge in [-0.1, -0.05) is 56.2 Å². The molecule has 1 aliphatic carbocycles. The number of hydrogen-bond donors (Lipinski definition) is 0. The minimum Gasteiger partial charge on any atom is -0.393 e. The molecule has 2 aliphatic rings. The van der Waals surface area contributed by atoms with Gasteiger partial charge >= 0.3 is 8.56 Å². The Morgan fingerprint density at radius 2 is 1.75 bits per heavy atom. The molecule has 0 amide bonds. The quantitative estimate of drug-likeness (QED) is 0.480. The number of allylic oxidation sites excluding steroid dienone is 1. The van der Waals surface area contributed by atoms with E-state index >= 15 is 0 Å². The molecule has 1 heterocycles. The van der Waals surface area contributed by atoms with Crippen LogP contribution in [0.2, 0.25) is 6.04 Å². The van der Waals surface area contributed by atoms with Crippen molar-refractivity contribution in [1.29, 1.82) is 0 Å². The SMILES string of the molecule is CCOC1(CC)CCCC[Si]1(OCC)OCC.FC1CC=Cc2ccccc21. The molecule has 0 aromatic heterocycles. The number of fused-ring (bicyclic) bond motifs is 1. The van der Waals surface area contributed by atoms with Crippen molar-refractivity contribution in [2.24, 2.45) is 0 Å². The van der Waals surface area contributed by atoms with Crippen molar-refractivity contribution in [2.75, 3.05) is 19.8 Å². The molecule has 28 heavy (non-hydrogen) atoms. The van der Waals surface area contributed by atoms with Crippen LogP contribution in [0.25, 0.3) is 6.08 Å². The normalized spacial score (nSPS) is 25.5. The summed E-state index contributed by atoms with van der Waals surface area (Å²) in [5.74, 6) is 0. The van der Waals surface area contributed by atoms with E-state index in [1.807, 2.05) is 36.4 Å². The Bertz CT molecular complexity index is 606. The van der Waals surface area contributed by atoms with Crippen molar-refractivity contribution in [3.05, 3.63) is 41.5 Å². The summed E-state index contributed by atoms with van der Waals surface area (Å²) in [7, 11) is -2.21. The predicted molar refractivity (Wildman–Crippen MR) is 116 cm³/mol. The van der Waals surface area contributed by atoms with Crippen molar-refractivity contribution in [3.63, 3.8) is 0 Å². The second kappa shape index (κ2) is 11.2. The molecule has 0 spiro atoms. The lowest BCUT2D eigenvalue weighted by Gasteiger charge is -2.49. The van der Waals surface area contributed by atoms with E-state index in [9.17, 15) is 4.39 Å². The van der Waals surface area contributed by atoms with E-state index in [4.69, 9.17) is 13.6 Å². The molecule has 1 aromatic carbocycles. The molecule has 1 saturated heterocycles. The number of ether oxygens (including phenoxy) is 1. The van der Waals surface area contributed by atoms with Gasteiger partial charge < -0.3 is 13.6 Å². The molecule has 2 unspecified atom stereocenters. The molecule has 5 heteroatoms. The van der Waals surface area contributed by atoms with Crippen molar-refractivity contribution in [1.82, 2.24) is 0 Å². The van der Waals surface area contributed by atoms with Crippen molar-refractivity contribution in [2.45, 2.75) is 77.2 Å². The Labute approximate surface area is 171 Å². The van der Waals surface area contributed by atoms with Crippen molar-refractivity contribution in [3.8, 4) is 0 Å². The molecule has 2 atom stereocenters. The summed E-state index contributed by atoms with van der Waals surface area (Å²) in [4.78, 5) is 0. The first-order valence-electron chi connectivity index (χ1n) is 10.9. The molecule has 0 saturated carbocycles. The van der Waals surface area contributed by atoms with Gasteiger partial charge in [-0.05, 0) is 50.8 Å². The van der Waals surface area contributed by atoms with E-state index in [1.165, 1.54) is 12.8 Å². The minimum absolute atomic E-state index is 0.119. The Morgan fingerprint density at radius 3 is 2.36 bits per heavy atom. The average molecular weight is 409 g/mol. The van der Waals surface area contributed by atoms with E-state index < -0.39 is 14.7 Å². The van der Waals surface area contributed by atoms with Crippen molar-refractivity contribution >= 4 is 14.6 Å². The molecule has 0 radical (unpaired) electrons. The number of rotatable bonds is 7. The first-order valence-corrected chi connectivity index (χ1v) is 12.9. The smallest absolute Gasteiger partial charge is 0.371 e. The summed E-state index contributed by atoms with van der Waals surface area (Å²) in [6.45, 7) is 10.6. The largest absolute Gasteiger partial charge is 0.393 e. The van der Waals surface area contributed by atoms with Gasteiger partial charge in [0, 0.05) is 26.2 Å². The Morgan fingerprint density at radius 1 is 1.04 bits per heavy atom. The first-order chi connectivity index (χ1) is 13.6. The van der Waals surface area contributed by atoms with Gasteiger partial charge in [-0.25, -0.2) is 4.39 Å². The van der Waals surface area contributed by atoms with Gasteiger partial charge in [-0.3, -0.25) is 0 Å². The lowest BCUT2D eigenvalue weighted by molar-refractivity contribution is -0.0426. The third kappa shape index (κ3) is 5.12. The van der Waals surface area contributed by atoms with Crippen LogP contribution in [0.1, 0.15) is 77.1 Å². The van der Waals surface area contributed by atoms with Gasteiger partial charge in [0.1, 0.15) is 11.4 Å².